The van der Waals surface area contributed by atoms with Crippen LogP contribution < -0.4 is 5.32 Å². The van der Waals surface area contributed by atoms with Gasteiger partial charge in [0.2, 0.25) is 0 Å². The molecule has 2 atom stereocenters. The molecule has 18 heavy (non-hydrogen) atoms. The van der Waals surface area contributed by atoms with Gasteiger partial charge in [0.25, 0.3) is 0 Å². The smallest absolute Gasteiger partial charge is 0.329 e. The minimum atomic E-state index is -1.08. The Hall–Kier alpha value is -1.30. The van der Waals surface area contributed by atoms with Gasteiger partial charge in [0.05, 0.1) is 12.6 Å². The number of aliphatic hydroxyl groups is 1. The molecule has 2 aliphatic rings. The lowest BCUT2D eigenvalue weighted by atomic mass is 9.77. The summed E-state index contributed by atoms with van der Waals surface area (Å²) in [5, 5.41) is 21.1. The number of nitrogens with zero attached hydrogens (tertiary/aromatic N) is 1. The maximum atomic E-state index is 12.1. The molecule has 1 aliphatic heterocycles. The van der Waals surface area contributed by atoms with Crippen LogP contribution in [-0.4, -0.2) is 51.8 Å². The summed E-state index contributed by atoms with van der Waals surface area (Å²) in [7, 11) is 0. The van der Waals surface area contributed by atoms with Gasteiger partial charge in [-0.05, 0) is 31.6 Å². The first-order chi connectivity index (χ1) is 8.50. The van der Waals surface area contributed by atoms with Crippen molar-refractivity contribution in [1.82, 2.24) is 10.2 Å². The van der Waals surface area contributed by atoms with E-state index in [0.29, 0.717) is 19.4 Å². The minimum Gasteiger partial charge on any atom is -0.480 e. The molecule has 0 aromatic heterocycles. The summed E-state index contributed by atoms with van der Waals surface area (Å²) in [6.07, 6.45) is 2.65. The summed E-state index contributed by atoms with van der Waals surface area (Å²) in [6.45, 7) is 2.49. The van der Waals surface area contributed by atoms with E-state index in [2.05, 4.69) is 5.32 Å². The van der Waals surface area contributed by atoms with Crippen molar-refractivity contribution in [1.29, 1.82) is 0 Å². The van der Waals surface area contributed by atoms with E-state index in [1.165, 1.54) is 0 Å². The number of carbonyl (C=O) groups is 2. The van der Waals surface area contributed by atoms with Crippen LogP contribution in [0.4, 0.5) is 4.79 Å². The number of aliphatic hydroxyl groups excluding tert-OH is 1. The van der Waals surface area contributed by atoms with Gasteiger partial charge < -0.3 is 20.4 Å². The van der Waals surface area contributed by atoms with Gasteiger partial charge in [-0.25, -0.2) is 9.59 Å². The Morgan fingerprint density at radius 1 is 1.44 bits per heavy atom. The Morgan fingerprint density at radius 2 is 2.11 bits per heavy atom. The molecule has 2 amide bonds. The molecule has 0 aromatic rings. The third kappa shape index (κ3) is 2.05. The lowest BCUT2D eigenvalue weighted by molar-refractivity contribution is -0.148. The van der Waals surface area contributed by atoms with E-state index >= 15 is 0 Å². The molecule has 2 fully saturated rings. The highest BCUT2D eigenvalue weighted by molar-refractivity contribution is 5.87. The Kier molecular flexibility index (Phi) is 3.47. The zero-order chi connectivity index (χ0) is 13.3. The van der Waals surface area contributed by atoms with Crippen molar-refractivity contribution >= 4 is 12.0 Å². The fourth-order valence-electron chi connectivity index (χ4n) is 2.74. The maximum absolute atomic E-state index is 12.1. The third-order valence-corrected chi connectivity index (χ3v) is 4.29. The number of hydrogen-bond acceptors (Lipinski definition) is 3. The zero-order valence-corrected chi connectivity index (χ0v) is 10.6. The molecule has 1 aliphatic carbocycles. The third-order valence-electron chi connectivity index (χ3n) is 4.29. The quantitative estimate of drug-likeness (QED) is 0.682. The first kappa shape index (κ1) is 13.1. The van der Waals surface area contributed by atoms with E-state index in [9.17, 15) is 14.7 Å². The summed E-state index contributed by atoms with van der Waals surface area (Å²) in [4.78, 5) is 24.9. The summed E-state index contributed by atoms with van der Waals surface area (Å²) in [5.74, 6) is -0.710. The van der Waals surface area contributed by atoms with E-state index in [4.69, 9.17) is 5.11 Å². The SMILES string of the molecule is CC1CCN(C(=O)NC2(C(=O)O)CCC2)C1CO. The van der Waals surface area contributed by atoms with E-state index in [0.717, 1.165) is 12.8 Å². The van der Waals surface area contributed by atoms with Crippen LogP contribution in [0.15, 0.2) is 0 Å². The molecule has 2 rings (SSSR count). The average Bonchev–Trinajstić information content (AvgIpc) is 2.64. The Balaban J connectivity index is 2.02. The van der Waals surface area contributed by atoms with Gasteiger partial charge in [0, 0.05) is 6.54 Å². The van der Waals surface area contributed by atoms with Gasteiger partial charge in [-0.1, -0.05) is 6.92 Å². The van der Waals surface area contributed by atoms with Gasteiger partial charge in [-0.2, -0.15) is 0 Å². The van der Waals surface area contributed by atoms with Gasteiger partial charge in [0.1, 0.15) is 5.54 Å². The van der Waals surface area contributed by atoms with Crippen LogP contribution in [0.5, 0.6) is 0 Å². The van der Waals surface area contributed by atoms with Crippen molar-refractivity contribution in [3.63, 3.8) is 0 Å². The predicted molar refractivity (Wildman–Crippen MR) is 64.1 cm³/mol. The molecular weight excluding hydrogens is 236 g/mol. The first-order valence-corrected chi connectivity index (χ1v) is 6.43. The molecule has 2 unspecified atom stereocenters. The molecule has 102 valence electrons. The van der Waals surface area contributed by atoms with Crippen LogP contribution in [0.1, 0.15) is 32.6 Å². The number of nitrogens with one attached hydrogen (secondary N) is 1. The van der Waals surface area contributed by atoms with Crippen LogP contribution in [0, 0.1) is 5.92 Å². The Morgan fingerprint density at radius 3 is 2.56 bits per heavy atom. The number of amides is 2. The minimum absolute atomic E-state index is 0.0747. The summed E-state index contributed by atoms with van der Waals surface area (Å²) < 4.78 is 0. The number of likely N-dealkylation sites (tertiary alicyclic amines) is 1. The number of carboxylic acids is 1. The largest absolute Gasteiger partial charge is 0.480 e. The second-order valence-corrected chi connectivity index (χ2v) is 5.38. The molecular formula is C12H20N2O4. The molecule has 6 heteroatoms. The molecule has 6 nitrogen and oxygen atoms in total. The van der Waals surface area contributed by atoms with Crippen molar-refractivity contribution in [3.05, 3.63) is 0 Å². The van der Waals surface area contributed by atoms with Crippen molar-refractivity contribution in [2.75, 3.05) is 13.2 Å². The number of urea groups is 1. The molecule has 0 spiro atoms. The molecule has 1 saturated heterocycles. The molecule has 3 N–H and O–H groups in total. The highest BCUT2D eigenvalue weighted by Crippen LogP contribution is 2.33. The number of hydrogen-bond donors (Lipinski definition) is 3. The zero-order valence-electron chi connectivity index (χ0n) is 10.6. The number of aliphatic carboxylic acids is 1. The number of carbonyl (C=O) groups excluding carboxylic acids is 1. The Bertz CT molecular complexity index is 354. The standard InChI is InChI=1S/C12H20N2O4/c1-8-3-6-14(9(8)7-15)11(18)13-12(10(16)17)4-2-5-12/h8-9,15H,2-7H2,1H3,(H,13,18)(H,16,17). The van der Waals surface area contributed by atoms with Crippen LogP contribution in [-0.2, 0) is 4.79 Å². The molecule has 0 bridgehead atoms. The predicted octanol–water partition coefficient (Wildman–Crippen LogP) is 0.406. The van der Waals surface area contributed by atoms with E-state index in [1.54, 1.807) is 4.90 Å². The second-order valence-electron chi connectivity index (χ2n) is 5.38. The summed E-state index contributed by atoms with van der Waals surface area (Å²) in [6, 6.07) is -0.559. The van der Waals surface area contributed by atoms with Crippen LogP contribution in [0.25, 0.3) is 0 Å². The van der Waals surface area contributed by atoms with Crippen LogP contribution in [0.3, 0.4) is 0 Å². The van der Waals surface area contributed by atoms with Gasteiger partial charge in [-0.3, -0.25) is 0 Å². The molecule has 0 aromatic carbocycles. The average molecular weight is 256 g/mol. The number of rotatable bonds is 3. The normalized spacial score (nSPS) is 29.8. The fourth-order valence-corrected chi connectivity index (χ4v) is 2.74. The molecule has 1 heterocycles. The molecule has 1 saturated carbocycles. The van der Waals surface area contributed by atoms with Crippen LogP contribution in [0.2, 0.25) is 0 Å². The van der Waals surface area contributed by atoms with Gasteiger partial charge >= 0.3 is 12.0 Å². The summed E-state index contributed by atoms with van der Waals surface area (Å²) in [5.41, 5.74) is -1.08. The second kappa shape index (κ2) is 4.76. The first-order valence-electron chi connectivity index (χ1n) is 6.43. The number of carboxylic acid groups (broad SMARTS) is 1. The van der Waals surface area contributed by atoms with Crippen molar-refractivity contribution in [2.24, 2.45) is 5.92 Å². The van der Waals surface area contributed by atoms with Crippen molar-refractivity contribution in [3.8, 4) is 0 Å². The fraction of sp³-hybridized carbons (Fsp3) is 0.833. The van der Waals surface area contributed by atoms with E-state index in [1.807, 2.05) is 6.92 Å². The topological polar surface area (TPSA) is 89.9 Å². The van der Waals surface area contributed by atoms with Crippen LogP contribution >= 0.6 is 0 Å². The van der Waals surface area contributed by atoms with Crippen molar-refractivity contribution in [2.45, 2.75) is 44.2 Å². The van der Waals surface area contributed by atoms with Gasteiger partial charge in [-0.15, -0.1) is 0 Å². The van der Waals surface area contributed by atoms with E-state index < -0.39 is 11.5 Å². The maximum Gasteiger partial charge on any atom is 0.329 e. The van der Waals surface area contributed by atoms with Crippen molar-refractivity contribution < 1.29 is 19.8 Å². The lowest BCUT2D eigenvalue weighted by Crippen LogP contribution is -2.62. The highest BCUT2D eigenvalue weighted by Gasteiger charge is 2.47. The molecule has 0 radical (unpaired) electrons. The Labute approximate surface area is 106 Å². The monoisotopic (exact) mass is 256 g/mol. The van der Waals surface area contributed by atoms with E-state index in [-0.39, 0.29) is 24.6 Å². The lowest BCUT2D eigenvalue weighted by Gasteiger charge is -2.40. The highest BCUT2D eigenvalue weighted by atomic mass is 16.4. The summed E-state index contributed by atoms with van der Waals surface area (Å²) >= 11 is 0. The van der Waals surface area contributed by atoms with Gasteiger partial charge in [0.15, 0.2) is 0 Å².